The number of rotatable bonds is 5. The molecule has 0 radical (unpaired) electrons. The van der Waals surface area contributed by atoms with E-state index in [-0.39, 0.29) is 18.1 Å². The second-order valence-electron chi connectivity index (χ2n) is 4.99. The summed E-state index contributed by atoms with van der Waals surface area (Å²) in [5.74, 6) is 1.02. The molecule has 104 valence electrons. The van der Waals surface area contributed by atoms with Crippen LogP contribution in [0.2, 0.25) is 0 Å². The molecule has 1 aromatic rings. The fraction of sp³-hybridized carbons (Fsp3) is 0.533. The Balaban J connectivity index is 2.09. The summed E-state index contributed by atoms with van der Waals surface area (Å²) in [7, 11) is 3.51. The zero-order chi connectivity index (χ0) is 13.8. The fourth-order valence-corrected chi connectivity index (χ4v) is 2.47. The van der Waals surface area contributed by atoms with Crippen molar-refractivity contribution in [3.05, 3.63) is 29.8 Å². The van der Waals surface area contributed by atoms with Gasteiger partial charge in [-0.3, -0.25) is 10.1 Å². The smallest absolute Gasteiger partial charge is 0.241 e. The summed E-state index contributed by atoms with van der Waals surface area (Å²) in [4.78, 5) is 14.0. The van der Waals surface area contributed by atoms with Gasteiger partial charge >= 0.3 is 0 Å². The highest BCUT2D eigenvalue weighted by atomic mass is 16.5. The van der Waals surface area contributed by atoms with E-state index in [1.807, 2.05) is 31.3 Å². The molecular weight excluding hydrogens is 240 g/mol. The Morgan fingerprint density at radius 2 is 2.00 bits per heavy atom. The van der Waals surface area contributed by atoms with Crippen LogP contribution in [-0.4, -0.2) is 31.0 Å². The Morgan fingerprint density at radius 1 is 1.32 bits per heavy atom. The van der Waals surface area contributed by atoms with E-state index in [0.29, 0.717) is 0 Å². The first-order chi connectivity index (χ1) is 9.17. The average molecular weight is 262 g/mol. The van der Waals surface area contributed by atoms with Gasteiger partial charge in [-0.1, -0.05) is 31.9 Å². The van der Waals surface area contributed by atoms with Gasteiger partial charge in [0.05, 0.1) is 13.2 Å². The van der Waals surface area contributed by atoms with E-state index >= 15 is 0 Å². The highest BCUT2D eigenvalue weighted by Gasteiger charge is 2.36. The van der Waals surface area contributed by atoms with Crippen molar-refractivity contribution >= 4 is 5.91 Å². The largest absolute Gasteiger partial charge is 0.497 e. The molecule has 19 heavy (non-hydrogen) atoms. The van der Waals surface area contributed by atoms with Crippen molar-refractivity contribution in [2.24, 2.45) is 0 Å². The lowest BCUT2D eigenvalue weighted by atomic mass is 10.1. The minimum atomic E-state index is -0.0444. The van der Waals surface area contributed by atoms with E-state index in [4.69, 9.17) is 4.74 Å². The maximum Gasteiger partial charge on any atom is 0.241 e. The molecule has 2 atom stereocenters. The van der Waals surface area contributed by atoms with Crippen molar-refractivity contribution in [3.63, 3.8) is 0 Å². The zero-order valence-electron chi connectivity index (χ0n) is 11.8. The molecule has 0 saturated carbocycles. The average Bonchev–Trinajstić information content (AvgIpc) is 2.73. The van der Waals surface area contributed by atoms with Crippen LogP contribution in [0.3, 0.4) is 0 Å². The summed E-state index contributed by atoms with van der Waals surface area (Å²) < 4.78 is 5.15. The van der Waals surface area contributed by atoms with Crippen molar-refractivity contribution in [1.82, 2.24) is 10.2 Å². The van der Waals surface area contributed by atoms with Crippen molar-refractivity contribution in [2.45, 2.75) is 38.4 Å². The van der Waals surface area contributed by atoms with E-state index in [1.54, 1.807) is 12.0 Å². The summed E-state index contributed by atoms with van der Waals surface area (Å²) in [6.07, 6.45) is 3.07. The lowest BCUT2D eigenvalue weighted by Crippen LogP contribution is -2.28. The van der Waals surface area contributed by atoms with Crippen LogP contribution in [-0.2, 0) is 4.79 Å². The van der Waals surface area contributed by atoms with Crippen LogP contribution in [0.5, 0.6) is 5.75 Å². The Morgan fingerprint density at radius 3 is 2.58 bits per heavy atom. The molecule has 4 heteroatoms. The van der Waals surface area contributed by atoms with Crippen LogP contribution in [0.25, 0.3) is 0 Å². The standard InChI is InChI=1S/C15H22N2O2/c1-4-5-6-13-15(18)17(2)14(16-13)11-7-9-12(19-3)10-8-11/h7-10,13-14,16H,4-6H2,1-3H3. The van der Waals surface area contributed by atoms with Crippen LogP contribution < -0.4 is 10.1 Å². The molecule has 1 aromatic carbocycles. The normalized spacial score (nSPS) is 22.9. The number of carbonyl (C=O) groups excluding carboxylic acids is 1. The quantitative estimate of drug-likeness (QED) is 0.885. The van der Waals surface area contributed by atoms with E-state index in [2.05, 4.69) is 12.2 Å². The second-order valence-corrected chi connectivity index (χ2v) is 4.99. The maximum absolute atomic E-state index is 12.2. The molecule has 1 aliphatic heterocycles. The summed E-state index contributed by atoms with van der Waals surface area (Å²) >= 11 is 0. The van der Waals surface area contributed by atoms with Gasteiger partial charge in [0.15, 0.2) is 0 Å². The topological polar surface area (TPSA) is 41.6 Å². The lowest BCUT2D eigenvalue weighted by Gasteiger charge is -2.19. The van der Waals surface area contributed by atoms with Crippen molar-refractivity contribution in [2.75, 3.05) is 14.2 Å². The van der Waals surface area contributed by atoms with E-state index < -0.39 is 0 Å². The van der Waals surface area contributed by atoms with E-state index in [9.17, 15) is 4.79 Å². The number of nitrogens with zero attached hydrogens (tertiary/aromatic N) is 1. The predicted octanol–water partition coefficient (Wildman–Crippen LogP) is 2.31. The number of hydrogen-bond donors (Lipinski definition) is 1. The molecule has 2 rings (SSSR count). The monoisotopic (exact) mass is 262 g/mol. The molecule has 1 amide bonds. The summed E-state index contributed by atoms with van der Waals surface area (Å²) in [6, 6.07) is 7.81. The number of nitrogens with one attached hydrogen (secondary N) is 1. The minimum Gasteiger partial charge on any atom is -0.497 e. The molecule has 1 aliphatic rings. The van der Waals surface area contributed by atoms with Gasteiger partial charge in [0.2, 0.25) is 5.91 Å². The number of benzene rings is 1. The molecule has 1 saturated heterocycles. The third-order valence-corrected chi connectivity index (χ3v) is 3.67. The first kappa shape index (κ1) is 13.9. The highest BCUT2D eigenvalue weighted by molar-refractivity contribution is 5.84. The Kier molecular flexibility index (Phi) is 4.43. The molecule has 0 spiro atoms. The zero-order valence-corrected chi connectivity index (χ0v) is 11.8. The summed E-state index contributed by atoms with van der Waals surface area (Å²) in [5.41, 5.74) is 1.09. The van der Waals surface area contributed by atoms with Gasteiger partial charge in [0.1, 0.15) is 11.9 Å². The van der Waals surface area contributed by atoms with Crippen molar-refractivity contribution < 1.29 is 9.53 Å². The van der Waals surface area contributed by atoms with Gasteiger partial charge in [-0.25, -0.2) is 0 Å². The predicted molar refractivity (Wildman–Crippen MR) is 75.0 cm³/mol. The lowest BCUT2D eigenvalue weighted by molar-refractivity contribution is -0.128. The van der Waals surface area contributed by atoms with Crippen LogP contribution >= 0.6 is 0 Å². The molecule has 1 heterocycles. The van der Waals surface area contributed by atoms with Crippen LogP contribution in [0.4, 0.5) is 0 Å². The van der Waals surface area contributed by atoms with Crippen LogP contribution in [0.1, 0.15) is 37.9 Å². The molecule has 0 aliphatic carbocycles. The number of amides is 1. The van der Waals surface area contributed by atoms with E-state index in [0.717, 1.165) is 30.6 Å². The number of methoxy groups -OCH3 is 1. The minimum absolute atomic E-state index is 0.0275. The molecular formula is C15H22N2O2. The number of unbranched alkanes of at least 4 members (excludes halogenated alkanes) is 1. The molecule has 1 N–H and O–H groups in total. The van der Waals surface area contributed by atoms with Crippen molar-refractivity contribution in [1.29, 1.82) is 0 Å². The first-order valence-corrected chi connectivity index (χ1v) is 6.84. The third-order valence-electron chi connectivity index (χ3n) is 3.67. The second kappa shape index (κ2) is 6.06. The summed E-state index contributed by atoms with van der Waals surface area (Å²) in [5, 5.41) is 3.41. The highest BCUT2D eigenvalue weighted by Crippen LogP contribution is 2.26. The number of hydrogen-bond acceptors (Lipinski definition) is 3. The van der Waals surface area contributed by atoms with Crippen LogP contribution in [0.15, 0.2) is 24.3 Å². The maximum atomic E-state index is 12.2. The molecule has 4 nitrogen and oxygen atoms in total. The fourth-order valence-electron chi connectivity index (χ4n) is 2.47. The number of likely N-dealkylation sites (N-methyl/N-ethyl adjacent to an activating group) is 1. The van der Waals surface area contributed by atoms with Gasteiger partial charge in [0.25, 0.3) is 0 Å². The van der Waals surface area contributed by atoms with Gasteiger partial charge in [-0.05, 0) is 24.1 Å². The molecule has 1 fully saturated rings. The third kappa shape index (κ3) is 2.89. The molecule has 2 unspecified atom stereocenters. The van der Waals surface area contributed by atoms with E-state index in [1.165, 1.54) is 0 Å². The number of carbonyl (C=O) groups is 1. The van der Waals surface area contributed by atoms with Gasteiger partial charge in [-0.15, -0.1) is 0 Å². The van der Waals surface area contributed by atoms with Crippen LogP contribution in [0, 0.1) is 0 Å². The van der Waals surface area contributed by atoms with Crippen molar-refractivity contribution in [3.8, 4) is 5.75 Å². The Labute approximate surface area is 114 Å². The van der Waals surface area contributed by atoms with Gasteiger partial charge in [0, 0.05) is 7.05 Å². The molecule has 0 aromatic heterocycles. The molecule has 0 bridgehead atoms. The Hall–Kier alpha value is -1.55. The SMILES string of the molecule is CCCCC1NC(c2ccc(OC)cc2)N(C)C1=O. The first-order valence-electron chi connectivity index (χ1n) is 6.84. The Bertz CT molecular complexity index is 430. The number of ether oxygens (including phenoxy) is 1. The van der Waals surface area contributed by atoms with Gasteiger partial charge in [-0.2, -0.15) is 0 Å². The van der Waals surface area contributed by atoms with Gasteiger partial charge < -0.3 is 9.64 Å². The summed E-state index contributed by atoms with van der Waals surface area (Å²) in [6.45, 7) is 2.14.